The fraction of sp³-hybridized carbons (Fsp3) is 0.417. The van der Waals surface area contributed by atoms with E-state index >= 15 is 0 Å². The maximum Gasteiger partial charge on any atom is 0.242 e. The Balaban J connectivity index is 2.06. The molecule has 162 valence electrons. The molecule has 0 fully saturated rings. The Morgan fingerprint density at radius 3 is 2.23 bits per heavy atom. The normalized spacial score (nSPS) is 12.8. The number of benzene rings is 2. The van der Waals surface area contributed by atoms with Crippen LogP contribution in [0.3, 0.4) is 0 Å². The van der Waals surface area contributed by atoms with Crippen molar-refractivity contribution in [1.29, 1.82) is 0 Å². The van der Waals surface area contributed by atoms with Crippen LogP contribution in [0.2, 0.25) is 0 Å². The number of halogens is 1. The summed E-state index contributed by atoms with van der Waals surface area (Å²) in [5.41, 5.74) is 3.36. The number of hydrogen-bond donors (Lipinski definition) is 1. The van der Waals surface area contributed by atoms with Gasteiger partial charge in [0.1, 0.15) is 6.04 Å². The van der Waals surface area contributed by atoms with Crippen LogP contribution < -0.4 is 5.32 Å². The zero-order chi connectivity index (χ0) is 22.1. The number of nitrogens with one attached hydrogen (secondary N) is 1. The molecule has 0 saturated carbocycles. The van der Waals surface area contributed by atoms with E-state index < -0.39 is 6.04 Å². The number of hydrogen-bond acceptors (Lipinski definition) is 3. The topological polar surface area (TPSA) is 49.4 Å². The highest BCUT2D eigenvalue weighted by Gasteiger charge is 2.26. The fourth-order valence-corrected chi connectivity index (χ4v) is 3.99. The van der Waals surface area contributed by atoms with E-state index in [4.69, 9.17) is 0 Å². The number of rotatable bonds is 10. The summed E-state index contributed by atoms with van der Waals surface area (Å²) < 4.78 is 1.04. The number of amides is 2. The summed E-state index contributed by atoms with van der Waals surface area (Å²) in [5, 5.41) is 3.00. The molecule has 30 heavy (non-hydrogen) atoms. The molecule has 0 saturated heterocycles. The molecule has 0 spiro atoms. The number of carbonyl (C=O) groups is 2. The second-order valence-corrected chi connectivity index (χ2v) is 9.52. The average Bonchev–Trinajstić information content (AvgIpc) is 2.74. The Kier molecular flexibility index (Phi) is 9.92. The lowest BCUT2D eigenvalue weighted by molar-refractivity contribution is -0.138. The first kappa shape index (κ1) is 24.5. The lowest BCUT2D eigenvalue weighted by Crippen LogP contribution is -2.50. The first-order valence-electron chi connectivity index (χ1n) is 10.3. The zero-order valence-electron chi connectivity index (χ0n) is 18.2. The minimum absolute atomic E-state index is 0.0236. The van der Waals surface area contributed by atoms with Crippen molar-refractivity contribution < 1.29 is 9.59 Å². The summed E-state index contributed by atoms with van der Waals surface area (Å²) in [4.78, 5) is 27.5. The van der Waals surface area contributed by atoms with Gasteiger partial charge in [0.15, 0.2) is 0 Å². The van der Waals surface area contributed by atoms with E-state index in [9.17, 15) is 9.59 Å². The predicted molar refractivity (Wildman–Crippen MR) is 129 cm³/mol. The standard InChI is InChI=1S/C24H31BrN2O2S/c1-5-18(3)26-24(29)19(4)27(14-20-8-6-17(2)7-9-20)23(28)16-30-15-21-10-12-22(25)13-11-21/h6-13,18-19H,5,14-16H2,1-4H3,(H,26,29)/t18-,19+/m0/s1. The van der Waals surface area contributed by atoms with Crippen LogP contribution in [0.5, 0.6) is 0 Å². The molecule has 0 bridgehead atoms. The van der Waals surface area contributed by atoms with Gasteiger partial charge in [0.05, 0.1) is 5.75 Å². The van der Waals surface area contributed by atoms with Crippen molar-refractivity contribution in [1.82, 2.24) is 10.2 Å². The minimum Gasteiger partial charge on any atom is -0.352 e. The van der Waals surface area contributed by atoms with Crippen LogP contribution in [-0.2, 0) is 21.9 Å². The van der Waals surface area contributed by atoms with Crippen LogP contribution in [0.1, 0.15) is 43.9 Å². The maximum absolute atomic E-state index is 13.1. The van der Waals surface area contributed by atoms with E-state index in [0.29, 0.717) is 12.3 Å². The van der Waals surface area contributed by atoms with E-state index in [1.54, 1.807) is 16.7 Å². The molecule has 2 atom stereocenters. The van der Waals surface area contributed by atoms with Gasteiger partial charge in [0, 0.05) is 22.8 Å². The third kappa shape index (κ3) is 7.80. The summed E-state index contributed by atoms with van der Waals surface area (Å²) in [6.45, 7) is 8.28. The molecule has 0 heterocycles. The molecule has 2 aromatic rings. The summed E-state index contributed by atoms with van der Waals surface area (Å²) in [6.07, 6.45) is 0.855. The molecule has 1 N–H and O–H groups in total. The maximum atomic E-state index is 13.1. The quantitative estimate of drug-likeness (QED) is 0.489. The van der Waals surface area contributed by atoms with E-state index in [0.717, 1.165) is 22.2 Å². The highest BCUT2D eigenvalue weighted by atomic mass is 79.9. The van der Waals surface area contributed by atoms with E-state index in [2.05, 4.69) is 21.2 Å². The monoisotopic (exact) mass is 490 g/mol. The molecular formula is C24H31BrN2O2S. The number of nitrogens with zero attached hydrogens (tertiary/aromatic N) is 1. The summed E-state index contributed by atoms with van der Waals surface area (Å²) in [6, 6.07) is 15.8. The second-order valence-electron chi connectivity index (χ2n) is 7.62. The Bertz CT molecular complexity index is 824. The Hall–Kier alpha value is -1.79. The lowest BCUT2D eigenvalue weighted by atomic mass is 10.1. The Morgan fingerprint density at radius 2 is 1.63 bits per heavy atom. The van der Waals surface area contributed by atoms with Crippen molar-refractivity contribution in [2.24, 2.45) is 0 Å². The highest BCUT2D eigenvalue weighted by Crippen LogP contribution is 2.18. The van der Waals surface area contributed by atoms with Crippen LogP contribution in [0.4, 0.5) is 0 Å². The van der Waals surface area contributed by atoms with Crippen LogP contribution >= 0.6 is 27.7 Å². The van der Waals surface area contributed by atoms with Gasteiger partial charge in [0.2, 0.25) is 11.8 Å². The largest absolute Gasteiger partial charge is 0.352 e. The Labute approximate surface area is 192 Å². The summed E-state index contributed by atoms with van der Waals surface area (Å²) >= 11 is 5.01. The first-order chi connectivity index (χ1) is 14.3. The summed E-state index contributed by atoms with van der Waals surface area (Å²) in [5.74, 6) is 0.959. The molecule has 6 heteroatoms. The van der Waals surface area contributed by atoms with Gasteiger partial charge in [-0.05, 0) is 50.5 Å². The van der Waals surface area contributed by atoms with Crippen molar-refractivity contribution in [3.63, 3.8) is 0 Å². The van der Waals surface area contributed by atoms with Crippen molar-refractivity contribution in [2.45, 2.75) is 58.5 Å². The second kappa shape index (κ2) is 12.2. The smallest absolute Gasteiger partial charge is 0.242 e. The van der Waals surface area contributed by atoms with Gasteiger partial charge in [-0.3, -0.25) is 9.59 Å². The van der Waals surface area contributed by atoms with Gasteiger partial charge >= 0.3 is 0 Å². The molecule has 2 amide bonds. The van der Waals surface area contributed by atoms with Gasteiger partial charge in [-0.15, -0.1) is 11.8 Å². The van der Waals surface area contributed by atoms with Crippen molar-refractivity contribution in [3.05, 3.63) is 69.7 Å². The predicted octanol–water partition coefficient (Wildman–Crippen LogP) is 5.32. The van der Waals surface area contributed by atoms with Crippen LogP contribution in [0, 0.1) is 6.92 Å². The van der Waals surface area contributed by atoms with Gasteiger partial charge < -0.3 is 10.2 Å². The molecule has 2 aromatic carbocycles. The average molecular weight is 491 g/mol. The van der Waals surface area contributed by atoms with Gasteiger partial charge in [-0.25, -0.2) is 0 Å². The van der Waals surface area contributed by atoms with Gasteiger partial charge in [-0.1, -0.05) is 64.8 Å². The fourth-order valence-electron chi connectivity index (χ4n) is 2.86. The van der Waals surface area contributed by atoms with E-state index in [1.807, 2.05) is 76.2 Å². The third-order valence-corrected chi connectivity index (χ3v) is 6.57. The molecule has 2 rings (SSSR count). The SMILES string of the molecule is CC[C@H](C)NC(=O)[C@@H](C)N(Cc1ccc(C)cc1)C(=O)CSCc1ccc(Br)cc1. The molecule has 0 unspecified atom stereocenters. The van der Waals surface area contributed by atoms with Crippen molar-refractivity contribution in [3.8, 4) is 0 Å². The molecule has 0 aliphatic heterocycles. The summed E-state index contributed by atoms with van der Waals surface area (Å²) in [7, 11) is 0. The highest BCUT2D eigenvalue weighted by molar-refractivity contribution is 9.10. The zero-order valence-corrected chi connectivity index (χ0v) is 20.6. The van der Waals surface area contributed by atoms with E-state index in [1.165, 1.54) is 11.1 Å². The van der Waals surface area contributed by atoms with Crippen LogP contribution in [-0.4, -0.2) is 34.6 Å². The van der Waals surface area contributed by atoms with E-state index in [-0.39, 0.29) is 17.9 Å². The Morgan fingerprint density at radius 1 is 1.03 bits per heavy atom. The molecule has 0 aromatic heterocycles. The number of carbonyl (C=O) groups excluding carboxylic acids is 2. The molecular weight excluding hydrogens is 460 g/mol. The number of thioether (sulfide) groups is 1. The third-order valence-electron chi connectivity index (χ3n) is 5.05. The molecule has 4 nitrogen and oxygen atoms in total. The van der Waals surface area contributed by atoms with Crippen LogP contribution in [0.25, 0.3) is 0 Å². The van der Waals surface area contributed by atoms with Gasteiger partial charge in [0.25, 0.3) is 0 Å². The van der Waals surface area contributed by atoms with Crippen molar-refractivity contribution in [2.75, 3.05) is 5.75 Å². The van der Waals surface area contributed by atoms with Crippen LogP contribution in [0.15, 0.2) is 53.0 Å². The van der Waals surface area contributed by atoms with Crippen molar-refractivity contribution >= 4 is 39.5 Å². The lowest BCUT2D eigenvalue weighted by Gasteiger charge is -2.29. The minimum atomic E-state index is -0.527. The van der Waals surface area contributed by atoms with Gasteiger partial charge in [-0.2, -0.15) is 0 Å². The first-order valence-corrected chi connectivity index (χ1v) is 12.2. The molecule has 0 aliphatic rings. The number of aryl methyl sites for hydroxylation is 1. The molecule has 0 aliphatic carbocycles. The molecule has 0 radical (unpaired) electrons.